The molecule has 0 unspecified atom stereocenters. The lowest BCUT2D eigenvalue weighted by Crippen LogP contribution is -2.74. The molecule has 0 bridgehead atoms. The number of hydrogen-bond acceptors (Lipinski definition) is 5. The number of thiocarbonyl (C=S) groups is 1. The number of hydroxylamine groups is 1. The highest BCUT2D eigenvalue weighted by Crippen LogP contribution is 2.17. The molecule has 0 spiro atoms. The summed E-state index contributed by atoms with van der Waals surface area (Å²) >= 11 is 4.87. The van der Waals surface area contributed by atoms with Gasteiger partial charge in [-0.15, -0.1) is 0 Å². The maximum Gasteiger partial charge on any atom is 0.195 e. The molecule has 6 nitrogen and oxygen atoms in total. The fraction of sp³-hybridized carbons (Fsp3) is 0.857. The molecule has 6 N–H and O–H groups in total. The molecule has 0 saturated carbocycles. The number of hydrazine groups is 2. The van der Waals surface area contributed by atoms with Gasteiger partial charge >= 0.3 is 0 Å². The summed E-state index contributed by atoms with van der Waals surface area (Å²) in [5.74, 6) is 0. The Morgan fingerprint density at radius 2 is 1.93 bits per heavy atom. The van der Waals surface area contributed by atoms with Gasteiger partial charge in [0.05, 0.1) is 0 Å². The largest absolute Gasteiger partial charge is 0.316 e. The molecular formula is C7H17N5OS. The molecule has 14 heavy (non-hydrogen) atoms. The zero-order valence-corrected chi connectivity index (χ0v) is 9.38. The first kappa shape index (κ1) is 11.6. The Bertz CT molecular complexity index is 222. The minimum atomic E-state index is -0.392. The number of rotatable bonds is 3. The molecule has 7 heteroatoms. The van der Waals surface area contributed by atoms with Crippen molar-refractivity contribution in [3.63, 3.8) is 0 Å². The molecule has 1 aliphatic rings. The molecule has 0 aliphatic carbocycles. The minimum absolute atomic E-state index is 0.387. The molecule has 1 aliphatic heterocycles. The fourth-order valence-electron chi connectivity index (χ4n) is 1.46. The third kappa shape index (κ3) is 3.03. The Balaban J connectivity index is 2.54. The molecule has 0 aromatic heterocycles. The SMILES string of the molecule is CC(C)(CC1(C)NNC(=S)NN1)NO. The van der Waals surface area contributed by atoms with Crippen LogP contribution in [-0.2, 0) is 0 Å². The van der Waals surface area contributed by atoms with Crippen molar-refractivity contribution >= 4 is 17.3 Å². The van der Waals surface area contributed by atoms with E-state index in [-0.39, 0.29) is 5.66 Å². The monoisotopic (exact) mass is 219 g/mol. The van der Waals surface area contributed by atoms with Crippen LogP contribution in [0.15, 0.2) is 0 Å². The summed E-state index contributed by atoms with van der Waals surface area (Å²) in [6.45, 7) is 5.75. The topological polar surface area (TPSA) is 80.4 Å². The zero-order chi connectivity index (χ0) is 10.8. The van der Waals surface area contributed by atoms with Gasteiger partial charge in [-0.25, -0.2) is 10.9 Å². The summed E-state index contributed by atoms with van der Waals surface area (Å²) in [7, 11) is 0. The van der Waals surface area contributed by atoms with Crippen molar-refractivity contribution < 1.29 is 5.21 Å². The lowest BCUT2D eigenvalue weighted by molar-refractivity contribution is 0.0451. The van der Waals surface area contributed by atoms with Gasteiger partial charge in [0.2, 0.25) is 0 Å². The molecule has 82 valence electrons. The van der Waals surface area contributed by atoms with Gasteiger partial charge in [0.25, 0.3) is 0 Å². The van der Waals surface area contributed by atoms with Crippen molar-refractivity contribution in [2.45, 2.75) is 38.4 Å². The highest BCUT2D eigenvalue weighted by molar-refractivity contribution is 7.80. The van der Waals surface area contributed by atoms with Crippen LogP contribution in [0.3, 0.4) is 0 Å². The normalized spacial score (nSPS) is 21.3. The Morgan fingerprint density at radius 1 is 1.43 bits per heavy atom. The van der Waals surface area contributed by atoms with Gasteiger partial charge in [0.15, 0.2) is 5.11 Å². The molecule has 1 fully saturated rings. The standard InChI is InChI=1S/C7H17N5OS/c1-6(2,12-13)4-7(3)10-8-5(14)9-11-7/h10-13H,4H2,1-3H3,(H2,8,9,14). The van der Waals surface area contributed by atoms with Crippen molar-refractivity contribution in [1.82, 2.24) is 27.2 Å². The van der Waals surface area contributed by atoms with Gasteiger partial charge in [-0.1, -0.05) is 0 Å². The lowest BCUT2D eigenvalue weighted by Gasteiger charge is -2.41. The van der Waals surface area contributed by atoms with E-state index >= 15 is 0 Å². The van der Waals surface area contributed by atoms with Gasteiger partial charge in [0, 0.05) is 12.0 Å². The van der Waals surface area contributed by atoms with Crippen molar-refractivity contribution in [2.75, 3.05) is 0 Å². The van der Waals surface area contributed by atoms with Crippen LogP contribution in [0.2, 0.25) is 0 Å². The average Bonchev–Trinajstić information content (AvgIpc) is 2.10. The predicted molar refractivity (Wildman–Crippen MR) is 57.2 cm³/mol. The van der Waals surface area contributed by atoms with Crippen molar-refractivity contribution in [2.24, 2.45) is 0 Å². The smallest absolute Gasteiger partial charge is 0.195 e. The van der Waals surface area contributed by atoms with Crippen LogP contribution in [0.4, 0.5) is 0 Å². The second-order valence-corrected chi connectivity index (χ2v) is 4.74. The van der Waals surface area contributed by atoms with Crippen LogP contribution in [0, 0.1) is 0 Å². The van der Waals surface area contributed by atoms with Crippen molar-refractivity contribution in [3.8, 4) is 0 Å². The quantitative estimate of drug-likeness (QED) is 0.278. The Morgan fingerprint density at radius 3 is 2.36 bits per heavy atom. The Hall–Kier alpha value is -0.470. The fourth-order valence-corrected chi connectivity index (χ4v) is 1.57. The average molecular weight is 219 g/mol. The van der Waals surface area contributed by atoms with Gasteiger partial charge in [-0.3, -0.25) is 10.9 Å². The summed E-state index contributed by atoms with van der Waals surface area (Å²) in [5.41, 5.74) is 13.2. The van der Waals surface area contributed by atoms with E-state index in [1.165, 1.54) is 0 Å². The predicted octanol–water partition coefficient (Wildman–Crippen LogP) is -0.663. The van der Waals surface area contributed by atoms with Crippen LogP contribution < -0.4 is 27.2 Å². The van der Waals surface area contributed by atoms with Crippen LogP contribution in [0.25, 0.3) is 0 Å². The summed E-state index contributed by atoms with van der Waals surface area (Å²) in [6.07, 6.45) is 0.652. The lowest BCUT2D eigenvalue weighted by atomic mass is 9.93. The molecule has 0 radical (unpaired) electrons. The molecule has 0 aromatic carbocycles. The van der Waals surface area contributed by atoms with Gasteiger partial charge in [0.1, 0.15) is 5.66 Å². The Labute approximate surface area is 88.7 Å². The van der Waals surface area contributed by atoms with Crippen LogP contribution in [0.5, 0.6) is 0 Å². The van der Waals surface area contributed by atoms with Crippen molar-refractivity contribution in [3.05, 3.63) is 0 Å². The maximum absolute atomic E-state index is 8.92. The first-order chi connectivity index (χ1) is 6.37. The zero-order valence-electron chi connectivity index (χ0n) is 8.56. The first-order valence-electron chi connectivity index (χ1n) is 4.38. The van der Waals surface area contributed by atoms with Gasteiger partial charge in [-0.2, -0.15) is 5.48 Å². The third-order valence-corrected chi connectivity index (χ3v) is 2.21. The second kappa shape index (κ2) is 3.95. The summed E-state index contributed by atoms with van der Waals surface area (Å²) < 4.78 is 0. The Kier molecular flexibility index (Phi) is 3.28. The van der Waals surface area contributed by atoms with E-state index in [0.717, 1.165) is 0 Å². The first-order valence-corrected chi connectivity index (χ1v) is 4.79. The maximum atomic E-state index is 8.92. The van der Waals surface area contributed by atoms with E-state index in [2.05, 4.69) is 27.2 Å². The molecule has 1 rings (SSSR count). The summed E-state index contributed by atoms with van der Waals surface area (Å²) in [6, 6.07) is 0. The molecule has 1 saturated heterocycles. The van der Waals surface area contributed by atoms with Gasteiger partial charge in [-0.05, 0) is 33.0 Å². The highest BCUT2D eigenvalue weighted by Gasteiger charge is 2.34. The van der Waals surface area contributed by atoms with E-state index in [9.17, 15) is 0 Å². The molecule has 0 aromatic rings. The summed E-state index contributed by atoms with van der Waals surface area (Å²) in [4.78, 5) is 0. The van der Waals surface area contributed by atoms with Crippen LogP contribution in [-0.4, -0.2) is 21.5 Å². The molecule has 0 amide bonds. The molecule has 1 heterocycles. The number of nitrogens with one attached hydrogen (secondary N) is 5. The van der Waals surface area contributed by atoms with Crippen LogP contribution in [0.1, 0.15) is 27.2 Å². The molecular weight excluding hydrogens is 202 g/mol. The van der Waals surface area contributed by atoms with Crippen LogP contribution >= 0.6 is 12.2 Å². The van der Waals surface area contributed by atoms with Gasteiger partial charge < -0.3 is 5.21 Å². The van der Waals surface area contributed by atoms with E-state index in [1.54, 1.807) is 0 Å². The van der Waals surface area contributed by atoms with Crippen molar-refractivity contribution in [1.29, 1.82) is 0 Å². The summed E-state index contributed by atoms with van der Waals surface area (Å²) in [5, 5.41) is 9.42. The number of hydrogen-bond donors (Lipinski definition) is 6. The van der Waals surface area contributed by atoms with E-state index in [1.807, 2.05) is 20.8 Å². The second-order valence-electron chi connectivity index (χ2n) is 4.33. The van der Waals surface area contributed by atoms with E-state index in [4.69, 9.17) is 17.4 Å². The highest BCUT2D eigenvalue weighted by atomic mass is 32.1. The van der Waals surface area contributed by atoms with E-state index < -0.39 is 5.54 Å². The third-order valence-electron chi connectivity index (χ3n) is 2.00. The minimum Gasteiger partial charge on any atom is -0.316 e. The van der Waals surface area contributed by atoms with E-state index in [0.29, 0.717) is 11.5 Å². The molecule has 0 atom stereocenters.